The van der Waals surface area contributed by atoms with E-state index in [0.29, 0.717) is 5.56 Å². The minimum absolute atomic E-state index is 0.306. The van der Waals surface area contributed by atoms with Crippen molar-refractivity contribution in [3.8, 4) is 0 Å². The van der Waals surface area contributed by atoms with Gasteiger partial charge >= 0.3 is 5.97 Å². The summed E-state index contributed by atoms with van der Waals surface area (Å²) in [5, 5.41) is 2.42. The lowest BCUT2D eigenvalue weighted by atomic mass is 10.1. The molecule has 0 atom stereocenters. The van der Waals surface area contributed by atoms with Gasteiger partial charge in [0.2, 0.25) is 11.2 Å². The number of pyridine rings is 1. The molecule has 0 saturated carbocycles. The number of ether oxygens (including phenoxy) is 1. The van der Waals surface area contributed by atoms with Gasteiger partial charge in [0.15, 0.2) is 0 Å². The van der Waals surface area contributed by atoms with Gasteiger partial charge < -0.3 is 9.64 Å². The van der Waals surface area contributed by atoms with Crippen LogP contribution in [0.1, 0.15) is 35.5 Å². The first-order valence-corrected chi connectivity index (χ1v) is 10.7. The molecule has 3 aromatic rings. The van der Waals surface area contributed by atoms with Crippen LogP contribution >= 0.6 is 11.8 Å². The number of nitrogens with zero attached hydrogens (tertiary/aromatic N) is 2. The lowest BCUT2D eigenvalue weighted by Crippen LogP contribution is -2.37. The van der Waals surface area contributed by atoms with E-state index in [-0.39, 0.29) is 5.97 Å². The summed E-state index contributed by atoms with van der Waals surface area (Å²) >= 11 is 1.74. The number of anilines is 1. The molecule has 29 heavy (non-hydrogen) atoms. The molecule has 0 aliphatic carbocycles. The van der Waals surface area contributed by atoms with E-state index < -0.39 is 0 Å². The Morgan fingerprint density at radius 2 is 1.97 bits per heavy atom. The minimum Gasteiger partial charge on any atom is -0.465 e. The van der Waals surface area contributed by atoms with Crippen LogP contribution < -0.4 is 9.47 Å². The van der Waals surface area contributed by atoms with Gasteiger partial charge in [-0.1, -0.05) is 23.4 Å². The van der Waals surface area contributed by atoms with E-state index in [1.165, 1.54) is 29.3 Å². The van der Waals surface area contributed by atoms with Gasteiger partial charge in [0.1, 0.15) is 6.54 Å². The Hall–Kier alpha value is -2.79. The van der Waals surface area contributed by atoms with Crippen LogP contribution in [0.15, 0.2) is 58.5 Å². The standard InChI is InChI=1S/C24H25N2O2S/c1-5-25-19(10-8-17-13-16(3)7-11-20(17)25)15-23-26(6-2)21-14-18(24(27)28-4)9-12-22(21)29-23/h7-15H,5-6H2,1-4H3/q+1. The molecular weight excluding hydrogens is 380 g/mol. The van der Waals surface area contributed by atoms with Gasteiger partial charge in [0.05, 0.1) is 23.4 Å². The van der Waals surface area contributed by atoms with Crippen molar-refractivity contribution < 1.29 is 14.1 Å². The third-order valence-electron chi connectivity index (χ3n) is 5.27. The molecule has 0 radical (unpaired) electrons. The number of rotatable bonds is 4. The van der Waals surface area contributed by atoms with Gasteiger partial charge in [-0.2, -0.15) is 4.57 Å². The highest BCUT2D eigenvalue weighted by molar-refractivity contribution is 8.03. The molecule has 2 heterocycles. The number of aromatic nitrogens is 1. The number of thioether (sulfide) groups is 1. The summed E-state index contributed by atoms with van der Waals surface area (Å²) in [6.07, 6.45) is 2.24. The minimum atomic E-state index is -0.306. The summed E-state index contributed by atoms with van der Waals surface area (Å²) in [6, 6.07) is 16.7. The molecule has 5 heteroatoms. The largest absolute Gasteiger partial charge is 0.465 e. The maximum Gasteiger partial charge on any atom is 0.337 e. The molecule has 148 valence electrons. The van der Waals surface area contributed by atoms with Crippen molar-refractivity contribution in [1.82, 2.24) is 0 Å². The first-order chi connectivity index (χ1) is 14.0. The van der Waals surface area contributed by atoms with Gasteiger partial charge in [0.25, 0.3) is 0 Å². The van der Waals surface area contributed by atoms with Crippen molar-refractivity contribution in [2.45, 2.75) is 32.2 Å². The molecule has 1 aliphatic rings. The molecule has 0 fully saturated rings. The summed E-state index contributed by atoms with van der Waals surface area (Å²) in [5.41, 5.74) is 5.32. The van der Waals surface area contributed by atoms with Gasteiger partial charge in [0, 0.05) is 35.0 Å². The second-order valence-corrected chi connectivity index (χ2v) is 8.13. The monoisotopic (exact) mass is 405 g/mol. The number of benzene rings is 2. The third-order valence-corrected chi connectivity index (χ3v) is 6.39. The number of esters is 1. The SMILES string of the molecule is CCN1/C(=C/c2ccc3cc(C)ccc3[n+]2CC)Sc2ccc(C(=O)OC)cc21. The molecule has 4 nitrogen and oxygen atoms in total. The van der Waals surface area contributed by atoms with Gasteiger partial charge in [-0.15, -0.1) is 0 Å². The smallest absolute Gasteiger partial charge is 0.337 e. The molecular formula is C24H25N2O2S+. The van der Waals surface area contributed by atoms with E-state index >= 15 is 0 Å². The first-order valence-electron chi connectivity index (χ1n) is 9.88. The molecule has 1 aliphatic heterocycles. The fourth-order valence-corrected chi connectivity index (χ4v) is 4.99. The normalized spacial score (nSPS) is 14.5. The molecule has 0 amide bonds. The predicted molar refractivity (Wildman–Crippen MR) is 119 cm³/mol. The lowest BCUT2D eigenvalue weighted by Gasteiger charge is -2.18. The number of fused-ring (bicyclic) bond motifs is 2. The number of carbonyl (C=O) groups excluding carboxylic acids is 1. The summed E-state index contributed by atoms with van der Waals surface area (Å²) in [7, 11) is 1.41. The van der Waals surface area contributed by atoms with Crippen molar-refractivity contribution in [3.05, 3.63) is 70.4 Å². The van der Waals surface area contributed by atoms with Crippen molar-refractivity contribution >= 4 is 40.4 Å². The van der Waals surface area contributed by atoms with E-state index in [9.17, 15) is 4.79 Å². The fourth-order valence-electron chi connectivity index (χ4n) is 3.84. The quantitative estimate of drug-likeness (QED) is 0.443. The van der Waals surface area contributed by atoms with Crippen LogP contribution in [-0.2, 0) is 11.3 Å². The molecule has 0 spiro atoms. The van der Waals surface area contributed by atoms with Crippen molar-refractivity contribution in [3.63, 3.8) is 0 Å². The highest BCUT2D eigenvalue weighted by Crippen LogP contribution is 2.46. The van der Waals surface area contributed by atoms with E-state index in [4.69, 9.17) is 4.74 Å². The fraction of sp³-hybridized carbons (Fsp3) is 0.250. The van der Waals surface area contributed by atoms with Crippen LogP contribution in [0.2, 0.25) is 0 Å². The van der Waals surface area contributed by atoms with E-state index in [0.717, 1.165) is 28.7 Å². The number of carbonyl (C=O) groups is 1. The van der Waals surface area contributed by atoms with E-state index in [1.54, 1.807) is 11.8 Å². The zero-order valence-corrected chi connectivity index (χ0v) is 18.0. The summed E-state index contributed by atoms with van der Waals surface area (Å²) < 4.78 is 7.23. The Kier molecular flexibility index (Phi) is 5.33. The second-order valence-electron chi connectivity index (χ2n) is 7.07. The van der Waals surface area contributed by atoms with Gasteiger partial charge in [-0.25, -0.2) is 4.79 Å². The Balaban J connectivity index is 1.78. The molecule has 0 unspecified atom stereocenters. The van der Waals surface area contributed by atoms with E-state index in [1.807, 2.05) is 18.2 Å². The Bertz CT molecular complexity index is 1140. The summed E-state index contributed by atoms with van der Waals surface area (Å²) in [4.78, 5) is 15.4. The van der Waals surface area contributed by atoms with E-state index in [2.05, 4.69) is 66.6 Å². The number of aryl methyl sites for hydroxylation is 2. The average molecular weight is 406 g/mol. The average Bonchev–Trinajstić information content (AvgIpc) is 3.09. The Labute approximate surface area is 175 Å². The predicted octanol–water partition coefficient (Wildman–Crippen LogP) is 5.17. The first kappa shape index (κ1) is 19.5. The van der Waals surface area contributed by atoms with Crippen LogP contribution in [-0.4, -0.2) is 19.6 Å². The van der Waals surface area contributed by atoms with Crippen LogP contribution in [0.3, 0.4) is 0 Å². The second kappa shape index (κ2) is 7.91. The lowest BCUT2D eigenvalue weighted by molar-refractivity contribution is -0.669. The summed E-state index contributed by atoms with van der Waals surface area (Å²) in [5.74, 6) is -0.306. The van der Waals surface area contributed by atoms with Crippen LogP contribution in [0.4, 0.5) is 5.69 Å². The van der Waals surface area contributed by atoms with Crippen LogP contribution in [0.25, 0.3) is 17.0 Å². The van der Waals surface area contributed by atoms with Gasteiger partial charge in [-0.3, -0.25) is 0 Å². The summed E-state index contributed by atoms with van der Waals surface area (Å²) in [6.45, 7) is 8.16. The third kappa shape index (κ3) is 3.51. The van der Waals surface area contributed by atoms with Crippen molar-refractivity contribution in [2.75, 3.05) is 18.6 Å². The molecule has 0 saturated heterocycles. The number of hydrogen-bond acceptors (Lipinski definition) is 4. The van der Waals surface area contributed by atoms with Crippen LogP contribution in [0, 0.1) is 6.92 Å². The number of methoxy groups -OCH3 is 1. The Morgan fingerprint density at radius 1 is 1.14 bits per heavy atom. The zero-order valence-electron chi connectivity index (χ0n) is 17.2. The zero-order chi connectivity index (χ0) is 20.5. The van der Waals surface area contributed by atoms with Gasteiger partial charge in [-0.05, 0) is 51.1 Å². The number of hydrogen-bond donors (Lipinski definition) is 0. The highest BCUT2D eigenvalue weighted by atomic mass is 32.2. The molecule has 0 bridgehead atoms. The maximum atomic E-state index is 11.9. The topological polar surface area (TPSA) is 33.4 Å². The molecule has 4 rings (SSSR count). The maximum absolute atomic E-state index is 11.9. The van der Waals surface area contributed by atoms with Crippen LogP contribution in [0.5, 0.6) is 0 Å². The molecule has 0 N–H and O–H groups in total. The molecule has 1 aromatic heterocycles. The highest BCUT2D eigenvalue weighted by Gasteiger charge is 2.27. The van der Waals surface area contributed by atoms with Crippen molar-refractivity contribution in [2.24, 2.45) is 0 Å². The van der Waals surface area contributed by atoms with Crippen molar-refractivity contribution in [1.29, 1.82) is 0 Å². The Morgan fingerprint density at radius 3 is 2.69 bits per heavy atom. The molecule has 2 aromatic carbocycles.